The Morgan fingerprint density at radius 2 is 2.18 bits per heavy atom. The molecule has 0 bridgehead atoms. The molecule has 1 fully saturated rings. The lowest BCUT2D eigenvalue weighted by Crippen LogP contribution is -2.46. The highest BCUT2D eigenvalue weighted by Crippen LogP contribution is 2.26. The third kappa shape index (κ3) is 3.42. The summed E-state index contributed by atoms with van der Waals surface area (Å²) in [5, 5.41) is 3.26. The van der Waals surface area contributed by atoms with Crippen molar-refractivity contribution in [2.24, 2.45) is 15.7 Å². The molecule has 1 amide bonds. The molecule has 116 valence electrons. The summed E-state index contributed by atoms with van der Waals surface area (Å²) in [6, 6.07) is 1.94. The summed E-state index contributed by atoms with van der Waals surface area (Å²) in [5.41, 5.74) is 6.74. The maximum absolute atomic E-state index is 12.6. The number of allylic oxidation sites excluding steroid dienone is 1. The Morgan fingerprint density at radius 1 is 1.36 bits per heavy atom. The van der Waals surface area contributed by atoms with Crippen molar-refractivity contribution in [2.75, 3.05) is 26.2 Å². The molecular weight excluding hydrogens is 298 g/mol. The van der Waals surface area contributed by atoms with Gasteiger partial charge in [-0.2, -0.15) is 0 Å². The van der Waals surface area contributed by atoms with Crippen LogP contribution in [0.1, 0.15) is 26.5 Å². The number of piperazine rings is 1. The average molecular weight is 317 g/mol. The van der Waals surface area contributed by atoms with Crippen molar-refractivity contribution < 1.29 is 4.79 Å². The number of nitrogens with two attached hydrogens (primary N) is 1. The summed E-state index contributed by atoms with van der Waals surface area (Å²) in [6.45, 7) is 3.68. The fraction of sp³-hybridized carbons (Fsp3) is 0.400. The molecule has 3 rings (SSSR count). The van der Waals surface area contributed by atoms with E-state index in [1.165, 1.54) is 11.3 Å². The lowest BCUT2D eigenvalue weighted by Gasteiger charge is -2.26. The van der Waals surface area contributed by atoms with Gasteiger partial charge in [-0.25, -0.2) is 9.98 Å². The largest absolute Gasteiger partial charge is 0.368 e. The Bertz CT molecular complexity index is 640. The van der Waals surface area contributed by atoms with E-state index in [9.17, 15) is 4.79 Å². The lowest BCUT2D eigenvalue weighted by atomic mass is 10.2. The van der Waals surface area contributed by atoms with Gasteiger partial charge in [0.1, 0.15) is 0 Å². The summed E-state index contributed by atoms with van der Waals surface area (Å²) < 4.78 is 0. The molecule has 1 aromatic heterocycles. The summed E-state index contributed by atoms with van der Waals surface area (Å²) in [5.74, 6) is 0.387. The number of guanidine groups is 1. The maximum atomic E-state index is 12.6. The molecule has 1 saturated heterocycles. The fourth-order valence-corrected chi connectivity index (χ4v) is 3.50. The molecule has 1 aromatic rings. The maximum Gasteiger partial charge on any atom is 0.264 e. The number of thiophene rings is 1. The van der Waals surface area contributed by atoms with Crippen molar-refractivity contribution in [3.8, 4) is 0 Å². The Kier molecular flexibility index (Phi) is 4.65. The third-order valence-electron chi connectivity index (χ3n) is 3.60. The van der Waals surface area contributed by atoms with Crippen LogP contribution in [0.3, 0.4) is 0 Å². The zero-order chi connectivity index (χ0) is 15.4. The Balaban J connectivity index is 1.85. The third-order valence-corrected chi connectivity index (χ3v) is 4.73. The predicted octanol–water partition coefficient (Wildman–Crippen LogP) is 1.10. The van der Waals surface area contributed by atoms with Crippen LogP contribution in [0.2, 0.25) is 0 Å². The molecule has 0 saturated carbocycles. The highest BCUT2D eigenvalue weighted by Gasteiger charge is 2.21. The number of nitrogens with zero attached hydrogens (tertiary/aromatic N) is 3. The number of nitrogens with one attached hydrogen (secondary N) is 1. The molecule has 7 heteroatoms. The molecular formula is C15H19N5OS. The lowest BCUT2D eigenvalue weighted by molar-refractivity contribution is 0.0740. The van der Waals surface area contributed by atoms with Gasteiger partial charge < -0.3 is 16.0 Å². The van der Waals surface area contributed by atoms with E-state index < -0.39 is 0 Å². The van der Waals surface area contributed by atoms with Crippen LogP contribution in [-0.4, -0.2) is 49.2 Å². The molecule has 22 heavy (non-hydrogen) atoms. The average Bonchev–Trinajstić information content (AvgIpc) is 2.96. The summed E-state index contributed by atoms with van der Waals surface area (Å²) >= 11 is 1.52. The Hall–Kier alpha value is -1.99. The molecule has 0 aliphatic carbocycles. The van der Waals surface area contributed by atoms with Crippen molar-refractivity contribution in [1.29, 1.82) is 0 Å². The van der Waals surface area contributed by atoms with E-state index in [2.05, 4.69) is 15.3 Å². The second-order valence-electron chi connectivity index (χ2n) is 5.17. The van der Waals surface area contributed by atoms with Crippen molar-refractivity contribution in [1.82, 2.24) is 10.2 Å². The van der Waals surface area contributed by atoms with Gasteiger partial charge in [0, 0.05) is 43.7 Å². The van der Waals surface area contributed by atoms with Gasteiger partial charge >= 0.3 is 0 Å². The van der Waals surface area contributed by atoms with Crippen molar-refractivity contribution in [2.45, 2.75) is 13.0 Å². The molecule has 2 aliphatic heterocycles. The second kappa shape index (κ2) is 6.85. The highest BCUT2D eigenvalue weighted by molar-refractivity contribution is 7.15. The fourth-order valence-electron chi connectivity index (χ4n) is 2.43. The first-order valence-electron chi connectivity index (χ1n) is 7.36. The van der Waals surface area contributed by atoms with E-state index in [0.29, 0.717) is 13.0 Å². The first-order valence-corrected chi connectivity index (χ1v) is 8.17. The van der Waals surface area contributed by atoms with Crippen molar-refractivity contribution >= 4 is 35.5 Å². The zero-order valence-corrected chi connectivity index (χ0v) is 13.1. The monoisotopic (exact) mass is 317 g/mol. The van der Waals surface area contributed by atoms with Gasteiger partial charge in [0.25, 0.3) is 5.91 Å². The van der Waals surface area contributed by atoms with Crippen LogP contribution in [0.5, 0.6) is 0 Å². The highest BCUT2D eigenvalue weighted by atomic mass is 32.1. The van der Waals surface area contributed by atoms with Gasteiger partial charge in [-0.3, -0.25) is 4.79 Å². The standard InChI is InChI=1S/C15H19N5OS/c16-15-18-4-2-1-3-12-11(10-19-15)9-13(22-12)14(21)20-7-5-17-6-8-20/h1,3-4,9,17H,2,5-8,10H2,(H2,16,19)/b3-1-,18-4?. The van der Waals surface area contributed by atoms with Crippen LogP contribution in [0.4, 0.5) is 0 Å². The molecule has 0 radical (unpaired) electrons. The van der Waals surface area contributed by atoms with E-state index in [1.54, 1.807) is 6.21 Å². The number of fused-ring (bicyclic) bond motifs is 1. The van der Waals surface area contributed by atoms with Crippen LogP contribution in [-0.2, 0) is 6.54 Å². The van der Waals surface area contributed by atoms with Crippen LogP contribution in [0, 0.1) is 0 Å². The minimum absolute atomic E-state index is 0.107. The summed E-state index contributed by atoms with van der Waals surface area (Å²) in [6.07, 6.45) is 6.50. The van der Waals surface area contributed by atoms with Gasteiger partial charge in [0.15, 0.2) is 0 Å². The van der Waals surface area contributed by atoms with Crippen molar-refractivity contribution in [3.63, 3.8) is 0 Å². The zero-order valence-electron chi connectivity index (χ0n) is 12.3. The Labute approximate surface area is 133 Å². The minimum atomic E-state index is 0.107. The molecule has 0 atom stereocenters. The van der Waals surface area contributed by atoms with E-state index in [4.69, 9.17) is 5.73 Å². The topological polar surface area (TPSA) is 83.1 Å². The van der Waals surface area contributed by atoms with E-state index in [1.807, 2.05) is 23.1 Å². The van der Waals surface area contributed by atoms with Crippen LogP contribution < -0.4 is 11.1 Å². The van der Waals surface area contributed by atoms with Crippen molar-refractivity contribution in [3.05, 3.63) is 27.5 Å². The number of rotatable bonds is 1. The molecule has 2 aliphatic rings. The SMILES string of the molecule is NC1=NCc2cc(C(=O)N3CCNCC3)sc2/C=C\CC=N1. The number of hydrogen-bond donors (Lipinski definition) is 2. The first-order chi connectivity index (χ1) is 10.7. The predicted molar refractivity (Wildman–Crippen MR) is 90.6 cm³/mol. The molecule has 0 unspecified atom stereocenters. The number of amides is 1. The number of carbonyl (C=O) groups is 1. The molecule has 6 nitrogen and oxygen atoms in total. The Morgan fingerprint density at radius 3 is 3.00 bits per heavy atom. The van der Waals surface area contributed by atoms with Crippen LogP contribution in [0.25, 0.3) is 6.08 Å². The molecule has 0 aromatic carbocycles. The first kappa shape index (κ1) is 14.9. The van der Waals surface area contributed by atoms with E-state index in [0.717, 1.165) is 41.5 Å². The van der Waals surface area contributed by atoms with Gasteiger partial charge in [-0.15, -0.1) is 11.3 Å². The minimum Gasteiger partial charge on any atom is -0.368 e. The van der Waals surface area contributed by atoms with E-state index in [-0.39, 0.29) is 11.9 Å². The number of hydrogen-bond acceptors (Lipinski definition) is 6. The van der Waals surface area contributed by atoms with E-state index >= 15 is 0 Å². The summed E-state index contributed by atoms with van der Waals surface area (Å²) in [7, 11) is 0. The normalized spacial score (nSPS) is 20.2. The molecule has 3 N–H and O–H groups in total. The van der Waals surface area contributed by atoms with Crippen LogP contribution in [0.15, 0.2) is 22.1 Å². The quantitative estimate of drug-likeness (QED) is 0.813. The summed E-state index contributed by atoms with van der Waals surface area (Å²) in [4.78, 5) is 24.6. The number of aliphatic imine (C=N–C) groups is 2. The van der Waals surface area contributed by atoms with Gasteiger partial charge in [-0.1, -0.05) is 6.08 Å². The second-order valence-corrected chi connectivity index (χ2v) is 6.25. The van der Waals surface area contributed by atoms with Gasteiger partial charge in [-0.05, 0) is 17.7 Å². The smallest absolute Gasteiger partial charge is 0.264 e. The van der Waals surface area contributed by atoms with Gasteiger partial charge in [0.05, 0.1) is 11.4 Å². The molecule has 0 spiro atoms. The van der Waals surface area contributed by atoms with Crippen LogP contribution >= 0.6 is 11.3 Å². The number of carbonyl (C=O) groups excluding carboxylic acids is 1. The molecule has 3 heterocycles. The van der Waals surface area contributed by atoms with Gasteiger partial charge in [0.2, 0.25) is 5.96 Å².